The van der Waals surface area contributed by atoms with E-state index in [-0.39, 0.29) is 11.5 Å². The zero-order valence-corrected chi connectivity index (χ0v) is 14.1. The Morgan fingerprint density at radius 1 is 1.43 bits per heavy atom. The van der Waals surface area contributed by atoms with Crippen LogP contribution in [0.3, 0.4) is 0 Å². The van der Waals surface area contributed by atoms with Gasteiger partial charge in [0.2, 0.25) is 10.0 Å². The predicted octanol–water partition coefficient (Wildman–Crippen LogP) is 1.16. The van der Waals surface area contributed by atoms with Gasteiger partial charge < -0.3 is 15.6 Å². The molecule has 21 heavy (non-hydrogen) atoms. The van der Waals surface area contributed by atoms with Gasteiger partial charge in [-0.2, -0.15) is 0 Å². The van der Waals surface area contributed by atoms with Crippen LogP contribution in [0.5, 0.6) is 0 Å². The van der Waals surface area contributed by atoms with Crippen molar-refractivity contribution in [2.75, 3.05) is 25.6 Å². The van der Waals surface area contributed by atoms with E-state index in [1.807, 2.05) is 0 Å². The summed E-state index contributed by atoms with van der Waals surface area (Å²) in [6, 6.07) is 3.09. The van der Waals surface area contributed by atoms with Crippen LogP contribution in [0.2, 0.25) is 0 Å². The first-order valence-corrected chi connectivity index (χ1v) is 8.85. The van der Waals surface area contributed by atoms with Crippen LogP contribution in [0.15, 0.2) is 21.5 Å². The first-order chi connectivity index (χ1) is 9.80. The van der Waals surface area contributed by atoms with Gasteiger partial charge in [-0.1, -0.05) is 0 Å². The lowest BCUT2D eigenvalue weighted by molar-refractivity contribution is 0.0223. The molecule has 2 rings (SSSR count). The average Bonchev–Trinajstić information content (AvgIpc) is 2.43. The minimum atomic E-state index is -3.77. The second-order valence-electron chi connectivity index (χ2n) is 5.30. The maximum Gasteiger partial charge on any atom is 0.241 e. The van der Waals surface area contributed by atoms with Crippen molar-refractivity contribution >= 4 is 31.6 Å². The molecule has 1 fully saturated rings. The molecule has 0 saturated carbocycles. The van der Waals surface area contributed by atoms with Crippen molar-refractivity contribution in [1.29, 1.82) is 0 Å². The molecule has 1 aromatic carbocycles. The van der Waals surface area contributed by atoms with Crippen LogP contribution < -0.4 is 10.5 Å². The van der Waals surface area contributed by atoms with Crippen LogP contribution in [0.4, 0.5) is 5.69 Å². The van der Waals surface area contributed by atoms with E-state index in [2.05, 4.69) is 20.7 Å². The van der Waals surface area contributed by atoms with Crippen molar-refractivity contribution in [2.24, 2.45) is 0 Å². The summed E-state index contributed by atoms with van der Waals surface area (Å²) < 4.78 is 33.8. The van der Waals surface area contributed by atoms with E-state index in [9.17, 15) is 13.5 Å². The normalized spacial score (nSPS) is 18.6. The van der Waals surface area contributed by atoms with E-state index in [1.54, 1.807) is 13.0 Å². The van der Waals surface area contributed by atoms with Gasteiger partial charge in [0.15, 0.2) is 0 Å². The zero-order chi connectivity index (χ0) is 15.7. The van der Waals surface area contributed by atoms with Crippen LogP contribution in [0.1, 0.15) is 18.4 Å². The molecular formula is C13H19BrN2O4S. The first kappa shape index (κ1) is 16.7. The SMILES string of the molecule is Cc1cc(Br)c(N)cc1S(=O)(=O)NC1(CO)CCOCC1. The lowest BCUT2D eigenvalue weighted by Gasteiger charge is -2.36. The number of hydrogen-bond donors (Lipinski definition) is 3. The van der Waals surface area contributed by atoms with Gasteiger partial charge in [-0.3, -0.25) is 0 Å². The van der Waals surface area contributed by atoms with Crippen LogP contribution in [-0.4, -0.2) is 38.9 Å². The van der Waals surface area contributed by atoms with Crippen LogP contribution in [0.25, 0.3) is 0 Å². The Labute approximate surface area is 132 Å². The summed E-state index contributed by atoms with van der Waals surface area (Å²) >= 11 is 3.27. The number of aliphatic hydroxyl groups excluding tert-OH is 1. The number of nitrogens with one attached hydrogen (secondary N) is 1. The number of rotatable bonds is 4. The molecule has 0 aliphatic carbocycles. The second kappa shape index (κ2) is 6.21. The van der Waals surface area contributed by atoms with E-state index < -0.39 is 15.6 Å². The molecule has 0 amide bonds. The number of nitrogen functional groups attached to an aromatic ring is 1. The van der Waals surface area contributed by atoms with E-state index in [1.165, 1.54) is 6.07 Å². The van der Waals surface area contributed by atoms with Gasteiger partial charge in [0.05, 0.1) is 17.0 Å². The highest BCUT2D eigenvalue weighted by Gasteiger charge is 2.37. The summed E-state index contributed by atoms with van der Waals surface area (Å²) in [5.41, 5.74) is 5.85. The molecule has 1 heterocycles. The van der Waals surface area contributed by atoms with Gasteiger partial charge >= 0.3 is 0 Å². The molecule has 0 aromatic heterocycles. The summed E-state index contributed by atoms with van der Waals surface area (Å²) in [5.74, 6) is 0. The molecule has 8 heteroatoms. The molecule has 0 bridgehead atoms. The van der Waals surface area contributed by atoms with Crippen molar-refractivity contribution in [3.8, 4) is 0 Å². The van der Waals surface area contributed by atoms with Crippen molar-refractivity contribution < 1.29 is 18.3 Å². The largest absolute Gasteiger partial charge is 0.398 e. The Morgan fingerprint density at radius 2 is 2.05 bits per heavy atom. The van der Waals surface area contributed by atoms with Crippen molar-refractivity contribution in [3.63, 3.8) is 0 Å². The topological polar surface area (TPSA) is 102 Å². The highest BCUT2D eigenvalue weighted by atomic mass is 79.9. The van der Waals surface area contributed by atoms with Gasteiger partial charge in [-0.15, -0.1) is 0 Å². The molecule has 0 spiro atoms. The number of benzene rings is 1. The number of anilines is 1. The van der Waals surface area contributed by atoms with Gasteiger partial charge in [-0.05, 0) is 53.4 Å². The fourth-order valence-corrected chi connectivity index (χ4v) is 4.52. The number of hydrogen-bond acceptors (Lipinski definition) is 5. The molecule has 0 atom stereocenters. The second-order valence-corrected chi connectivity index (χ2v) is 7.80. The third-order valence-corrected chi connectivity index (χ3v) is 6.09. The maximum atomic E-state index is 12.6. The van der Waals surface area contributed by atoms with Gasteiger partial charge in [0.25, 0.3) is 0 Å². The summed E-state index contributed by atoms with van der Waals surface area (Å²) in [5, 5.41) is 9.61. The predicted molar refractivity (Wildman–Crippen MR) is 83.5 cm³/mol. The highest BCUT2D eigenvalue weighted by Crippen LogP contribution is 2.29. The van der Waals surface area contributed by atoms with E-state index >= 15 is 0 Å². The molecule has 6 nitrogen and oxygen atoms in total. The molecule has 1 saturated heterocycles. The maximum absolute atomic E-state index is 12.6. The quantitative estimate of drug-likeness (QED) is 0.682. The fourth-order valence-electron chi connectivity index (χ4n) is 2.35. The summed E-state index contributed by atoms with van der Waals surface area (Å²) in [6.45, 7) is 2.28. The molecule has 0 radical (unpaired) electrons. The summed E-state index contributed by atoms with van der Waals surface area (Å²) in [4.78, 5) is 0.127. The molecule has 1 aromatic rings. The molecule has 4 N–H and O–H groups in total. The van der Waals surface area contributed by atoms with E-state index in [0.717, 1.165) is 0 Å². The number of aryl methyl sites for hydroxylation is 1. The Balaban J connectivity index is 2.36. The number of sulfonamides is 1. The average molecular weight is 379 g/mol. The minimum absolute atomic E-state index is 0.127. The third kappa shape index (κ3) is 3.57. The molecule has 0 unspecified atom stereocenters. The van der Waals surface area contributed by atoms with Gasteiger partial charge in [0, 0.05) is 23.4 Å². The van der Waals surface area contributed by atoms with Gasteiger partial charge in [0.1, 0.15) is 0 Å². The Hall–Kier alpha value is -0.670. The van der Waals surface area contributed by atoms with Crippen LogP contribution in [0, 0.1) is 6.92 Å². The van der Waals surface area contributed by atoms with Gasteiger partial charge in [-0.25, -0.2) is 13.1 Å². The number of aliphatic hydroxyl groups is 1. The van der Waals surface area contributed by atoms with Crippen molar-refractivity contribution in [3.05, 3.63) is 22.2 Å². The summed E-state index contributed by atoms with van der Waals surface area (Å²) in [6.07, 6.45) is 0.877. The van der Waals surface area contributed by atoms with Crippen molar-refractivity contribution in [1.82, 2.24) is 4.72 Å². The lowest BCUT2D eigenvalue weighted by Crippen LogP contribution is -2.54. The Kier molecular flexibility index (Phi) is 4.94. The Morgan fingerprint density at radius 3 is 2.62 bits per heavy atom. The van der Waals surface area contributed by atoms with E-state index in [0.29, 0.717) is 41.8 Å². The number of ether oxygens (including phenoxy) is 1. The highest BCUT2D eigenvalue weighted by molar-refractivity contribution is 9.10. The molecule has 118 valence electrons. The number of halogens is 1. The van der Waals surface area contributed by atoms with E-state index in [4.69, 9.17) is 10.5 Å². The van der Waals surface area contributed by atoms with Crippen molar-refractivity contribution in [2.45, 2.75) is 30.2 Å². The third-order valence-electron chi connectivity index (χ3n) is 3.69. The number of nitrogens with two attached hydrogens (primary N) is 1. The lowest BCUT2D eigenvalue weighted by atomic mass is 9.93. The minimum Gasteiger partial charge on any atom is -0.398 e. The van der Waals surface area contributed by atoms with Crippen LogP contribution >= 0.6 is 15.9 Å². The molecule has 1 aliphatic rings. The molecule has 1 aliphatic heterocycles. The zero-order valence-electron chi connectivity index (χ0n) is 11.7. The first-order valence-electron chi connectivity index (χ1n) is 6.58. The smallest absolute Gasteiger partial charge is 0.241 e. The standard InChI is InChI=1S/C13H19BrN2O4S/c1-9-6-10(14)11(15)7-12(9)21(18,19)16-13(8-17)2-4-20-5-3-13/h6-7,16-17H,2-5,8,15H2,1H3. The Bertz CT molecular complexity index is 627. The summed E-state index contributed by atoms with van der Waals surface area (Å²) in [7, 11) is -3.77. The molecular weight excluding hydrogens is 360 g/mol. The monoisotopic (exact) mass is 378 g/mol. The van der Waals surface area contributed by atoms with Crippen LogP contribution in [-0.2, 0) is 14.8 Å². The fraction of sp³-hybridized carbons (Fsp3) is 0.538.